The lowest BCUT2D eigenvalue weighted by Crippen LogP contribution is -2.41. The Morgan fingerprint density at radius 3 is 2.44 bits per heavy atom. The lowest BCUT2D eigenvalue weighted by Gasteiger charge is -2.33. The van der Waals surface area contributed by atoms with Crippen molar-refractivity contribution in [2.45, 2.75) is 25.4 Å². The summed E-state index contributed by atoms with van der Waals surface area (Å²) < 4.78 is 4.82. The molecule has 1 fully saturated rings. The summed E-state index contributed by atoms with van der Waals surface area (Å²) in [5.41, 5.74) is 3.59. The predicted octanol–water partition coefficient (Wildman–Crippen LogP) is 2.75. The fourth-order valence-corrected chi connectivity index (χ4v) is 4.18. The van der Waals surface area contributed by atoms with E-state index in [1.54, 1.807) is 24.3 Å². The van der Waals surface area contributed by atoms with Gasteiger partial charge in [0.1, 0.15) is 0 Å². The maximum Gasteiger partial charge on any atom is 0.338 e. The first-order valence-electron chi connectivity index (χ1n) is 9.45. The zero-order valence-electron chi connectivity index (χ0n) is 15.6. The summed E-state index contributed by atoms with van der Waals surface area (Å²) in [7, 11) is 1.34. The lowest BCUT2D eigenvalue weighted by molar-refractivity contribution is 0.0591. The number of fused-ring (bicyclic) bond motifs is 1. The van der Waals surface area contributed by atoms with Gasteiger partial charge in [-0.05, 0) is 36.1 Å². The molecule has 27 heavy (non-hydrogen) atoms. The van der Waals surface area contributed by atoms with Crippen LogP contribution >= 0.6 is 0 Å². The summed E-state index contributed by atoms with van der Waals surface area (Å²) in [5, 5.41) is 0. The topological polar surface area (TPSA) is 49.9 Å². The van der Waals surface area contributed by atoms with Gasteiger partial charge in [0.15, 0.2) is 0 Å². The number of amides is 1. The molecule has 5 heteroatoms. The van der Waals surface area contributed by atoms with Crippen LogP contribution in [0.3, 0.4) is 0 Å². The number of hydrogen-bond donors (Lipinski definition) is 0. The molecule has 2 aromatic rings. The van der Waals surface area contributed by atoms with Gasteiger partial charge in [0.25, 0.3) is 5.91 Å². The third kappa shape index (κ3) is 3.47. The Balaban J connectivity index is 1.46. The maximum absolute atomic E-state index is 13.0. The van der Waals surface area contributed by atoms with Crippen LogP contribution in [0.2, 0.25) is 0 Å². The van der Waals surface area contributed by atoms with Gasteiger partial charge in [-0.25, -0.2) is 4.79 Å². The minimum absolute atomic E-state index is 0.0871. The van der Waals surface area contributed by atoms with Crippen molar-refractivity contribution in [2.75, 3.05) is 26.7 Å². The molecule has 1 amide bonds. The highest BCUT2D eigenvalue weighted by Crippen LogP contribution is 2.25. The quantitative estimate of drug-likeness (QED) is 0.786. The molecule has 2 aromatic carbocycles. The van der Waals surface area contributed by atoms with Gasteiger partial charge in [0.2, 0.25) is 0 Å². The van der Waals surface area contributed by atoms with Crippen LogP contribution in [0.1, 0.15) is 38.3 Å². The van der Waals surface area contributed by atoms with Crippen LogP contribution in [-0.4, -0.2) is 54.5 Å². The number of esters is 1. The van der Waals surface area contributed by atoms with E-state index in [0.717, 1.165) is 32.5 Å². The Bertz CT molecular complexity index is 864. The molecule has 1 saturated heterocycles. The predicted molar refractivity (Wildman–Crippen MR) is 103 cm³/mol. The van der Waals surface area contributed by atoms with E-state index in [0.29, 0.717) is 23.7 Å². The molecule has 0 bridgehead atoms. The fourth-order valence-electron chi connectivity index (χ4n) is 4.18. The number of hydrogen-bond acceptors (Lipinski definition) is 4. The van der Waals surface area contributed by atoms with Crippen molar-refractivity contribution < 1.29 is 14.3 Å². The molecule has 2 aliphatic rings. The molecule has 1 atom stereocenters. The molecule has 5 nitrogen and oxygen atoms in total. The van der Waals surface area contributed by atoms with Crippen LogP contribution in [0, 0.1) is 0 Å². The molecule has 2 heterocycles. The van der Waals surface area contributed by atoms with Crippen molar-refractivity contribution in [1.82, 2.24) is 9.80 Å². The number of carbonyl (C=O) groups excluding carboxylic acids is 2. The van der Waals surface area contributed by atoms with E-state index in [4.69, 9.17) is 4.74 Å². The van der Waals surface area contributed by atoms with E-state index in [1.807, 2.05) is 4.90 Å². The third-order valence-electron chi connectivity index (χ3n) is 5.69. The Labute approximate surface area is 159 Å². The van der Waals surface area contributed by atoms with Crippen molar-refractivity contribution in [1.29, 1.82) is 0 Å². The van der Waals surface area contributed by atoms with Gasteiger partial charge in [-0.1, -0.05) is 36.4 Å². The van der Waals surface area contributed by atoms with Crippen LogP contribution in [-0.2, 0) is 17.7 Å². The third-order valence-corrected chi connectivity index (χ3v) is 5.69. The molecule has 0 N–H and O–H groups in total. The number of benzene rings is 2. The molecule has 0 aromatic heterocycles. The van der Waals surface area contributed by atoms with Gasteiger partial charge < -0.3 is 9.64 Å². The second-order valence-corrected chi connectivity index (χ2v) is 7.22. The number of likely N-dealkylation sites (tertiary alicyclic amines) is 1. The molecule has 4 rings (SSSR count). The molecule has 2 aliphatic heterocycles. The molecule has 0 aliphatic carbocycles. The van der Waals surface area contributed by atoms with E-state index >= 15 is 0 Å². The smallest absolute Gasteiger partial charge is 0.338 e. The van der Waals surface area contributed by atoms with Crippen LogP contribution in [0.4, 0.5) is 0 Å². The Kier molecular flexibility index (Phi) is 4.94. The molecule has 0 radical (unpaired) electrons. The van der Waals surface area contributed by atoms with Crippen molar-refractivity contribution in [3.8, 4) is 0 Å². The first kappa shape index (κ1) is 17.7. The first-order chi connectivity index (χ1) is 13.2. The SMILES string of the molecule is COC(=O)c1ccccc1C(=O)N1CCC(N2CCc3ccccc3C2)C1. The molecule has 0 saturated carbocycles. The van der Waals surface area contributed by atoms with Crippen LogP contribution in [0.5, 0.6) is 0 Å². The maximum atomic E-state index is 13.0. The first-order valence-corrected chi connectivity index (χ1v) is 9.45. The standard InChI is InChI=1S/C22H24N2O3/c1-27-22(26)20-9-5-4-8-19(20)21(25)24-13-11-18(15-24)23-12-10-16-6-2-3-7-17(16)14-23/h2-9,18H,10-15H2,1H3. The monoisotopic (exact) mass is 364 g/mol. The van der Waals surface area contributed by atoms with Crippen molar-refractivity contribution in [3.05, 3.63) is 70.8 Å². The molecule has 1 unspecified atom stereocenters. The number of ether oxygens (including phenoxy) is 1. The average molecular weight is 364 g/mol. The second kappa shape index (κ2) is 7.53. The van der Waals surface area contributed by atoms with Crippen LogP contribution in [0.25, 0.3) is 0 Å². The van der Waals surface area contributed by atoms with E-state index in [2.05, 4.69) is 29.2 Å². The Morgan fingerprint density at radius 1 is 0.963 bits per heavy atom. The highest BCUT2D eigenvalue weighted by molar-refractivity contribution is 6.05. The van der Waals surface area contributed by atoms with Gasteiger partial charge in [-0.15, -0.1) is 0 Å². The zero-order chi connectivity index (χ0) is 18.8. The van der Waals surface area contributed by atoms with Crippen molar-refractivity contribution >= 4 is 11.9 Å². The van der Waals surface area contributed by atoms with Gasteiger partial charge in [-0.2, -0.15) is 0 Å². The highest BCUT2D eigenvalue weighted by atomic mass is 16.5. The lowest BCUT2D eigenvalue weighted by atomic mass is 9.98. The summed E-state index contributed by atoms with van der Waals surface area (Å²) in [6, 6.07) is 15.9. The van der Waals surface area contributed by atoms with Gasteiger partial charge >= 0.3 is 5.97 Å². The molecule has 0 spiro atoms. The number of carbonyl (C=O) groups is 2. The normalized spacial score (nSPS) is 19.6. The number of rotatable bonds is 3. The molecule has 140 valence electrons. The van der Waals surface area contributed by atoms with Crippen LogP contribution < -0.4 is 0 Å². The Morgan fingerprint density at radius 2 is 1.67 bits per heavy atom. The van der Waals surface area contributed by atoms with Gasteiger partial charge in [-0.3, -0.25) is 9.69 Å². The van der Waals surface area contributed by atoms with Gasteiger partial charge in [0, 0.05) is 32.2 Å². The largest absolute Gasteiger partial charge is 0.465 e. The van der Waals surface area contributed by atoms with Crippen molar-refractivity contribution in [3.63, 3.8) is 0 Å². The summed E-state index contributed by atoms with van der Waals surface area (Å²) in [6.45, 7) is 3.40. The highest BCUT2D eigenvalue weighted by Gasteiger charge is 2.33. The second-order valence-electron chi connectivity index (χ2n) is 7.22. The minimum Gasteiger partial charge on any atom is -0.465 e. The molecular formula is C22H24N2O3. The summed E-state index contributed by atoms with van der Waals surface area (Å²) >= 11 is 0. The van der Waals surface area contributed by atoms with E-state index in [9.17, 15) is 9.59 Å². The Hall–Kier alpha value is -2.66. The minimum atomic E-state index is -0.470. The van der Waals surface area contributed by atoms with E-state index < -0.39 is 5.97 Å². The summed E-state index contributed by atoms with van der Waals surface area (Å²) in [5.74, 6) is -0.557. The van der Waals surface area contributed by atoms with Gasteiger partial charge in [0.05, 0.1) is 18.2 Å². The summed E-state index contributed by atoms with van der Waals surface area (Å²) in [4.78, 5) is 29.4. The number of methoxy groups -OCH3 is 1. The average Bonchev–Trinajstić information content (AvgIpc) is 3.22. The van der Waals surface area contributed by atoms with Crippen molar-refractivity contribution in [2.24, 2.45) is 0 Å². The number of nitrogens with zero attached hydrogens (tertiary/aromatic N) is 2. The molecular weight excluding hydrogens is 340 g/mol. The van der Waals surface area contributed by atoms with E-state index in [-0.39, 0.29) is 5.91 Å². The summed E-state index contributed by atoms with van der Waals surface area (Å²) in [6.07, 6.45) is 2.03. The fraction of sp³-hybridized carbons (Fsp3) is 0.364. The van der Waals surface area contributed by atoms with E-state index in [1.165, 1.54) is 18.2 Å². The zero-order valence-corrected chi connectivity index (χ0v) is 15.6. The van der Waals surface area contributed by atoms with Crippen LogP contribution in [0.15, 0.2) is 48.5 Å².